The van der Waals surface area contributed by atoms with Crippen LogP contribution in [0.1, 0.15) is 22.8 Å². The van der Waals surface area contributed by atoms with Gasteiger partial charge in [0.1, 0.15) is 0 Å². The fraction of sp³-hybridized carbons (Fsp3) is 0.333. The Morgan fingerprint density at radius 1 is 1.25 bits per heavy atom. The molecule has 0 aliphatic rings. The molecule has 0 spiro atoms. The molecular weight excluding hydrogens is 224 g/mol. The molecule has 0 amide bonds. The van der Waals surface area contributed by atoms with Crippen LogP contribution >= 0.6 is 11.6 Å². The fourth-order valence-electron chi connectivity index (χ4n) is 1.43. The van der Waals surface area contributed by atoms with Crippen LogP contribution in [0.25, 0.3) is 0 Å². The van der Waals surface area contributed by atoms with Gasteiger partial charge in [0.25, 0.3) is 0 Å². The van der Waals surface area contributed by atoms with Crippen molar-refractivity contribution in [2.45, 2.75) is 19.8 Å². The topological polar surface area (TPSA) is 38.9 Å². The van der Waals surface area contributed by atoms with Gasteiger partial charge in [-0.05, 0) is 12.5 Å². The summed E-state index contributed by atoms with van der Waals surface area (Å²) in [5.74, 6) is 1.83. The highest BCUT2D eigenvalue weighted by Gasteiger charge is 2.06. The first-order valence-corrected chi connectivity index (χ1v) is 5.74. The summed E-state index contributed by atoms with van der Waals surface area (Å²) in [5.41, 5.74) is 2.43. The predicted molar refractivity (Wildman–Crippen MR) is 62.7 cm³/mol. The Hall–Kier alpha value is -1.35. The van der Waals surface area contributed by atoms with Gasteiger partial charge in [-0.2, -0.15) is 4.98 Å². The van der Waals surface area contributed by atoms with Crippen molar-refractivity contribution in [1.29, 1.82) is 0 Å². The van der Waals surface area contributed by atoms with E-state index in [1.54, 1.807) is 0 Å². The molecule has 0 unspecified atom stereocenters. The minimum atomic E-state index is 0.506. The maximum Gasteiger partial charge on any atom is 0.227 e. The highest BCUT2D eigenvalue weighted by atomic mass is 35.5. The molecule has 0 bridgehead atoms. The van der Waals surface area contributed by atoms with Crippen molar-refractivity contribution in [1.82, 2.24) is 10.1 Å². The molecule has 84 valence electrons. The molecule has 0 saturated heterocycles. The second-order valence-electron chi connectivity index (χ2n) is 3.71. The zero-order chi connectivity index (χ0) is 11.4. The molecule has 1 aromatic carbocycles. The number of aryl methyl sites for hydroxylation is 2. The third kappa shape index (κ3) is 2.83. The second-order valence-corrected chi connectivity index (χ2v) is 4.08. The van der Waals surface area contributed by atoms with Gasteiger partial charge >= 0.3 is 0 Å². The lowest BCUT2D eigenvalue weighted by atomic mass is 10.1. The summed E-state index contributed by atoms with van der Waals surface area (Å²) in [7, 11) is 0. The van der Waals surface area contributed by atoms with E-state index in [9.17, 15) is 0 Å². The monoisotopic (exact) mass is 236 g/mol. The van der Waals surface area contributed by atoms with E-state index in [0.29, 0.717) is 30.4 Å². The molecule has 0 saturated carbocycles. The molecule has 0 atom stereocenters. The summed E-state index contributed by atoms with van der Waals surface area (Å²) < 4.78 is 5.06. The molecule has 4 heteroatoms. The van der Waals surface area contributed by atoms with Gasteiger partial charge in [0.05, 0.1) is 0 Å². The van der Waals surface area contributed by atoms with Crippen molar-refractivity contribution >= 4 is 11.6 Å². The van der Waals surface area contributed by atoms with Crippen LogP contribution in [0.3, 0.4) is 0 Å². The summed E-state index contributed by atoms with van der Waals surface area (Å²) in [6.45, 7) is 2.07. The zero-order valence-corrected chi connectivity index (χ0v) is 9.87. The Labute approximate surface area is 99.4 Å². The number of hydrogen-bond donors (Lipinski definition) is 0. The molecule has 16 heavy (non-hydrogen) atoms. The molecule has 0 N–H and O–H groups in total. The number of benzene rings is 1. The van der Waals surface area contributed by atoms with E-state index in [4.69, 9.17) is 16.1 Å². The number of halogens is 1. The van der Waals surface area contributed by atoms with Crippen LogP contribution in [-0.4, -0.2) is 16.0 Å². The average Bonchev–Trinajstić information content (AvgIpc) is 2.70. The van der Waals surface area contributed by atoms with Gasteiger partial charge in [0, 0.05) is 18.7 Å². The highest BCUT2D eigenvalue weighted by molar-refractivity contribution is 6.17. The summed E-state index contributed by atoms with van der Waals surface area (Å²) in [6.07, 6.45) is 1.33. The van der Waals surface area contributed by atoms with E-state index < -0.39 is 0 Å². The number of nitrogens with zero attached hydrogens (tertiary/aromatic N) is 2. The minimum Gasteiger partial charge on any atom is -0.339 e. The molecule has 0 aliphatic heterocycles. The van der Waals surface area contributed by atoms with E-state index in [-0.39, 0.29) is 0 Å². The van der Waals surface area contributed by atoms with Gasteiger partial charge in [-0.25, -0.2) is 0 Å². The summed E-state index contributed by atoms with van der Waals surface area (Å²) >= 11 is 5.60. The SMILES string of the molecule is Cc1ccc(Cc2noc(CCCl)n2)cc1. The maximum atomic E-state index is 5.60. The number of aromatic nitrogens is 2. The van der Waals surface area contributed by atoms with Crippen molar-refractivity contribution < 1.29 is 4.52 Å². The predicted octanol–water partition coefficient (Wildman–Crippen LogP) is 2.75. The third-order valence-corrected chi connectivity index (χ3v) is 2.49. The molecule has 0 fully saturated rings. The Bertz CT molecular complexity index is 450. The largest absolute Gasteiger partial charge is 0.339 e. The summed E-state index contributed by atoms with van der Waals surface area (Å²) in [4.78, 5) is 4.26. The lowest BCUT2D eigenvalue weighted by Gasteiger charge is -1.96. The van der Waals surface area contributed by atoms with Crippen molar-refractivity contribution in [2.75, 3.05) is 5.88 Å². The lowest BCUT2D eigenvalue weighted by molar-refractivity contribution is 0.378. The second kappa shape index (κ2) is 5.12. The molecule has 2 rings (SSSR count). The van der Waals surface area contributed by atoms with Crippen LogP contribution in [0, 0.1) is 6.92 Å². The standard InChI is InChI=1S/C12H13ClN2O/c1-9-2-4-10(5-3-9)8-11-14-12(6-7-13)16-15-11/h2-5H,6-8H2,1H3. The summed E-state index contributed by atoms with van der Waals surface area (Å²) in [5, 5.41) is 3.91. The van der Waals surface area contributed by atoms with Crippen LogP contribution in [-0.2, 0) is 12.8 Å². The molecule has 1 heterocycles. The van der Waals surface area contributed by atoms with Gasteiger partial charge in [-0.1, -0.05) is 35.0 Å². The highest BCUT2D eigenvalue weighted by Crippen LogP contribution is 2.08. The quantitative estimate of drug-likeness (QED) is 0.767. The molecule has 3 nitrogen and oxygen atoms in total. The molecule has 1 aromatic heterocycles. The Kier molecular flexibility index (Phi) is 3.57. The van der Waals surface area contributed by atoms with Gasteiger partial charge in [0.2, 0.25) is 5.89 Å². The third-order valence-electron chi connectivity index (χ3n) is 2.30. The number of rotatable bonds is 4. The summed E-state index contributed by atoms with van der Waals surface area (Å²) in [6, 6.07) is 8.31. The molecule has 0 radical (unpaired) electrons. The normalized spacial score (nSPS) is 10.6. The van der Waals surface area contributed by atoms with Crippen molar-refractivity contribution in [2.24, 2.45) is 0 Å². The van der Waals surface area contributed by atoms with Crippen LogP contribution in [0.2, 0.25) is 0 Å². The van der Waals surface area contributed by atoms with Crippen LogP contribution in [0.5, 0.6) is 0 Å². The fourth-order valence-corrected chi connectivity index (χ4v) is 1.59. The first-order chi connectivity index (χ1) is 7.78. The van der Waals surface area contributed by atoms with E-state index in [0.717, 1.165) is 0 Å². The van der Waals surface area contributed by atoms with Crippen LogP contribution < -0.4 is 0 Å². The average molecular weight is 237 g/mol. The number of hydrogen-bond acceptors (Lipinski definition) is 3. The van der Waals surface area contributed by atoms with E-state index in [2.05, 4.69) is 41.3 Å². The first-order valence-electron chi connectivity index (χ1n) is 5.21. The van der Waals surface area contributed by atoms with Gasteiger partial charge in [-0.3, -0.25) is 0 Å². The lowest BCUT2D eigenvalue weighted by Crippen LogP contribution is -1.92. The van der Waals surface area contributed by atoms with Gasteiger partial charge in [-0.15, -0.1) is 11.6 Å². The van der Waals surface area contributed by atoms with Crippen molar-refractivity contribution in [3.05, 3.63) is 47.1 Å². The van der Waals surface area contributed by atoms with Crippen molar-refractivity contribution in [3.8, 4) is 0 Å². The molecule has 2 aromatic rings. The zero-order valence-electron chi connectivity index (χ0n) is 9.11. The van der Waals surface area contributed by atoms with Crippen LogP contribution in [0.4, 0.5) is 0 Å². The molecule has 0 aliphatic carbocycles. The van der Waals surface area contributed by atoms with Gasteiger partial charge < -0.3 is 4.52 Å². The van der Waals surface area contributed by atoms with E-state index >= 15 is 0 Å². The smallest absolute Gasteiger partial charge is 0.227 e. The van der Waals surface area contributed by atoms with E-state index in [1.807, 2.05) is 0 Å². The van der Waals surface area contributed by atoms with Crippen LogP contribution in [0.15, 0.2) is 28.8 Å². The Balaban J connectivity index is 2.05. The van der Waals surface area contributed by atoms with E-state index in [1.165, 1.54) is 11.1 Å². The van der Waals surface area contributed by atoms with Crippen molar-refractivity contribution in [3.63, 3.8) is 0 Å². The van der Waals surface area contributed by atoms with Gasteiger partial charge in [0.15, 0.2) is 5.82 Å². The number of alkyl halides is 1. The maximum absolute atomic E-state index is 5.60. The Morgan fingerprint density at radius 2 is 2.00 bits per heavy atom. The molecular formula is C12H13ClN2O. The minimum absolute atomic E-state index is 0.506. The Morgan fingerprint density at radius 3 is 2.69 bits per heavy atom. The first kappa shape index (κ1) is 11.1.